The zero-order valence-electron chi connectivity index (χ0n) is 16.6. The molecule has 156 valence electrons. The van der Waals surface area contributed by atoms with Gasteiger partial charge in [0.15, 0.2) is 17.4 Å². The maximum absolute atomic E-state index is 14.2. The lowest BCUT2D eigenvalue weighted by Crippen LogP contribution is -2.23. The molecule has 1 unspecified atom stereocenters. The van der Waals surface area contributed by atoms with Gasteiger partial charge in [0, 0.05) is 30.5 Å². The number of nitrogens with zero attached hydrogens (tertiary/aromatic N) is 1. The first-order valence-corrected chi connectivity index (χ1v) is 10.2. The molecule has 0 spiro atoms. The van der Waals surface area contributed by atoms with Crippen LogP contribution in [0.1, 0.15) is 30.7 Å². The van der Waals surface area contributed by atoms with Gasteiger partial charge in [-0.2, -0.15) is 0 Å². The van der Waals surface area contributed by atoms with Gasteiger partial charge in [-0.3, -0.25) is 0 Å². The van der Waals surface area contributed by atoms with E-state index in [4.69, 9.17) is 5.73 Å². The Kier molecular flexibility index (Phi) is 5.74. The second-order valence-corrected chi connectivity index (χ2v) is 7.68. The van der Waals surface area contributed by atoms with Gasteiger partial charge >= 0.3 is 0 Å². The van der Waals surface area contributed by atoms with Crippen molar-refractivity contribution >= 4 is 22.7 Å². The van der Waals surface area contributed by atoms with Crippen molar-refractivity contribution in [3.63, 3.8) is 0 Å². The summed E-state index contributed by atoms with van der Waals surface area (Å²) >= 11 is 0. The lowest BCUT2D eigenvalue weighted by atomic mass is 9.92. The third kappa shape index (κ3) is 4.17. The number of hydrogen-bond donors (Lipinski definition) is 3. The maximum atomic E-state index is 14.2. The Morgan fingerprint density at radius 3 is 2.43 bits per heavy atom. The Morgan fingerprint density at radius 2 is 1.70 bits per heavy atom. The molecular weight excluding hydrogens is 384 g/mol. The highest BCUT2D eigenvalue weighted by Crippen LogP contribution is 2.35. The molecule has 0 bridgehead atoms. The number of benzene rings is 3. The van der Waals surface area contributed by atoms with Gasteiger partial charge in [-0.25, -0.2) is 8.78 Å². The summed E-state index contributed by atoms with van der Waals surface area (Å²) in [5.74, 6) is -2.65. The molecule has 1 aliphatic rings. The van der Waals surface area contributed by atoms with E-state index >= 15 is 0 Å². The summed E-state index contributed by atoms with van der Waals surface area (Å²) < 4.78 is 27.5. The Balaban J connectivity index is 1.45. The van der Waals surface area contributed by atoms with Crippen molar-refractivity contribution in [1.82, 2.24) is 0 Å². The number of nitrogens with two attached hydrogens (primary N) is 1. The zero-order chi connectivity index (χ0) is 21.1. The van der Waals surface area contributed by atoms with E-state index < -0.39 is 17.4 Å². The molecule has 0 aliphatic carbocycles. The van der Waals surface area contributed by atoms with Crippen molar-refractivity contribution in [1.29, 1.82) is 0 Å². The molecule has 3 aromatic carbocycles. The monoisotopic (exact) mass is 409 g/mol. The molecule has 30 heavy (non-hydrogen) atoms. The van der Waals surface area contributed by atoms with Crippen molar-refractivity contribution in [3.8, 4) is 5.75 Å². The van der Waals surface area contributed by atoms with Gasteiger partial charge in [-0.05, 0) is 55.0 Å². The predicted molar refractivity (Wildman–Crippen MR) is 117 cm³/mol. The van der Waals surface area contributed by atoms with E-state index in [0.717, 1.165) is 37.7 Å². The lowest BCUT2D eigenvalue weighted by molar-refractivity contribution is 0.398. The Morgan fingerprint density at radius 1 is 0.967 bits per heavy atom. The fourth-order valence-electron chi connectivity index (χ4n) is 4.07. The molecule has 1 atom stereocenters. The molecule has 4 nitrogen and oxygen atoms in total. The summed E-state index contributed by atoms with van der Waals surface area (Å²) in [5.41, 5.74) is 8.57. The van der Waals surface area contributed by atoms with E-state index in [9.17, 15) is 13.9 Å². The molecule has 0 saturated carbocycles. The number of hydrogen-bond acceptors (Lipinski definition) is 4. The second-order valence-electron chi connectivity index (χ2n) is 7.68. The van der Waals surface area contributed by atoms with Crippen LogP contribution >= 0.6 is 0 Å². The minimum atomic E-state index is -1.10. The average Bonchev–Trinajstić information content (AvgIpc) is 3.03. The molecule has 3 aromatic rings. The van der Waals surface area contributed by atoms with E-state index in [1.54, 1.807) is 0 Å². The van der Waals surface area contributed by atoms with Gasteiger partial charge in [0.2, 0.25) is 0 Å². The quantitative estimate of drug-likeness (QED) is 0.378. The third-order valence-electron chi connectivity index (χ3n) is 5.73. The third-order valence-corrected chi connectivity index (χ3v) is 5.73. The molecular formula is C24H25F2N3O. The smallest absolute Gasteiger partial charge is 0.193 e. The number of anilines is 4. The maximum Gasteiger partial charge on any atom is 0.193 e. The number of nitrogens with one attached hydrogen (secondary N) is 1. The number of aromatic hydroxyl groups is 1. The van der Waals surface area contributed by atoms with E-state index in [2.05, 4.69) is 40.5 Å². The molecule has 1 saturated heterocycles. The van der Waals surface area contributed by atoms with Crippen LogP contribution in [0.5, 0.6) is 5.75 Å². The molecule has 4 N–H and O–H groups in total. The molecule has 1 heterocycles. The molecule has 0 amide bonds. The van der Waals surface area contributed by atoms with Gasteiger partial charge in [-0.1, -0.05) is 30.3 Å². The first-order chi connectivity index (χ1) is 14.5. The molecule has 4 rings (SSSR count). The van der Waals surface area contributed by atoms with E-state index in [1.165, 1.54) is 12.0 Å². The van der Waals surface area contributed by atoms with Gasteiger partial charge < -0.3 is 21.1 Å². The molecule has 1 fully saturated rings. The van der Waals surface area contributed by atoms with Crippen molar-refractivity contribution in [2.45, 2.75) is 25.2 Å². The lowest BCUT2D eigenvalue weighted by Gasteiger charge is -2.23. The highest BCUT2D eigenvalue weighted by atomic mass is 19.1. The number of rotatable bonds is 4. The predicted octanol–water partition coefficient (Wildman–Crippen LogP) is 5.77. The van der Waals surface area contributed by atoms with Crippen molar-refractivity contribution in [3.05, 3.63) is 77.9 Å². The average molecular weight is 409 g/mol. The topological polar surface area (TPSA) is 61.5 Å². The van der Waals surface area contributed by atoms with Gasteiger partial charge in [0.05, 0.1) is 5.69 Å². The van der Waals surface area contributed by atoms with E-state index in [1.807, 2.05) is 24.3 Å². The largest absolute Gasteiger partial charge is 0.503 e. The van der Waals surface area contributed by atoms with E-state index in [-0.39, 0.29) is 11.4 Å². The van der Waals surface area contributed by atoms with Gasteiger partial charge in [0.25, 0.3) is 0 Å². The number of phenols is 1. The van der Waals surface area contributed by atoms with Crippen molar-refractivity contribution in [2.75, 3.05) is 29.0 Å². The Hall–Kier alpha value is -3.28. The normalized spacial score (nSPS) is 16.9. The Labute approximate surface area is 175 Å². The summed E-state index contributed by atoms with van der Waals surface area (Å²) in [6.07, 6.45) is 3.39. The van der Waals surface area contributed by atoms with Crippen LogP contribution < -0.4 is 16.0 Å². The zero-order valence-corrected chi connectivity index (χ0v) is 16.6. The first-order valence-electron chi connectivity index (χ1n) is 10.2. The first kappa shape index (κ1) is 20.0. The van der Waals surface area contributed by atoms with Crippen LogP contribution in [0.2, 0.25) is 0 Å². The van der Waals surface area contributed by atoms with Crippen LogP contribution in [0.3, 0.4) is 0 Å². The van der Waals surface area contributed by atoms with Gasteiger partial charge in [-0.15, -0.1) is 0 Å². The highest BCUT2D eigenvalue weighted by molar-refractivity contribution is 5.75. The van der Waals surface area contributed by atoms with Crippen LogP contribution in [0, 0.1) is 11.6 Å². The SMILES string of the molecule is Nc1cc(F)c(O)c(F)c1Nc1ccc(N2CCCC(c3ccccc3)CC2)cc1. The van der Waals surface area contributed by atoms with Crippen LogP contribution in [0.25, 0.3) is 0 Å². The molecule has 6 heteroatoms. The highest BCUT2D eigenvalue weighted by Gasteiger charge is 2.19. The summed E-state index contributed by atoms with van der Waals surface area (Å²) in [6, 6.07) is 19.2. The van der Waals surface area contributed by atoms with Gasteiger partial charge in [0.1, 0.15) is 5.69 Å². The van der Waals surface area contributed by atoms with Crippen LogP contribution in [0.4, 0.5) is 31.5 Å². The van der Waals surface area contributed by atoms with Crippen LogP contribution in [0.15, 0.2) is 60.7 Å². The van der Waals surface area contributed by atoms with E-state index in [0.29, 0.717) is 11.6 Å². The summed E-state index contributed by atoms with van der Waals surface area (Å²) in [4.78, 5) is 2.37. The number of nitrogen functional groups attached to an aromatic ring is 1. The number of halogens is 2. The molecule has 0 aromatic heterocycles. The molecule has 0 radical (unpaired) electrons. The minimum Gasteiger partial charge on any atom is -0.503 e. The summed E-state index contributed by atoms with van der Waals surface area (Å²) in [7, 11) is 0. The fraction of sp³-hybridized carbons (Fsp3) is 0.250. The molecule has 1 aliphatic heterocycles. The Bertz CT molecular complexity index is 1010. The fourth-order valence-corrected chi connectivity index (χ4v) is 4.07. The van der Waals surface area contributed by atoms with Crippen LogP contribution in [-0.2, 0) is 0 Å². The standard InChI is InChI=1S/C24H25F2N3O/c25-20-15-21(27)23(22(26)24(20)30)28-18-8-10-19(11-9-18)29-13-4-7-17(12-14-29)16-5-2-1-3-6-16/h1-3,5-6,8-11,15,17,28,30H,4,7,12-14,27H2. The summed E-state index contributed by atoms with van der Waals surface area (Å²) in [5, 5.41) is 12.3. The number of phenolic OH excluding ortho intramolecular Hbond substituents is 1. The summed E-state index contributed by atoms with van der Waals surface area (Å²) in [6.45, 7) is 1.96. The minimum absolute atomic E-state index is 0.105. The second kappa shape index (κ2) is 8.61. The van der Waals surface area contributed by atoms with Crippen LogP contribution in [-0.4, -0.2) is 18.2 Å². The van der Waals surface area contributed by atoms with Crippen molar-refractivity contribution in [2.24, 2.45) is 0 Å². The van der Waals surface area contributed by atoms with Crippen molar-refractivity contribution < 1.29 is 13.9 Å².